The molecule has 0 aliphatic carbocycles. The summed E-state index contributed by atoms with van der Waals surface area (Å²) in [6.45, 7) is 0. The summed E-state index contributed by atoms with van der Waals surface area (Å²) in [6.07, 6.45) is 1.72. The highest BCUT2D eigenvalue weighted by molar-refractivity contribution is 5.93. The third-order valence-corrected chi connectivity index (χ3v) is 2.86. The van der Waals surface area contributed by atoms with Crippen LogP contribution >= 0.6 is 0 Å². The molecule has 0 saturated carbocycles. The van der Waals surface area contributed by atoms with Crippen molar-refractivity contribution in [3.8, 4) is 11.5 Å². The predicted octanol–water partition coefficient (Wildman–Crippen LogP) is 3.33. The number of hydrogen-bond acceptors (Lipinski definition) is 4. The molecule has 2 aromatic rings. The van der Waals surface area contributed by atoms with Crippen molar-refractivity contribution >= 4 is 17.9 Å². The molecule has 3 rings (SSSR count). The molecule has 0 spiro atoms. The van der Waals surface area contributed by atoms with E-state index in [1.54, 1.807) is 24.4 Å². The SMILES string of the molecule is COC(=O)c1ccc2c(c1)Oc1ccccc1N=C2. The molecule has 0 aromatic heterocycles. The average Bonchev–Trinajstić information content (AvgIpc) is 2.64. The number of carbonyl (C=O) groups is 1. The van der Waals surface area contributed by atoms with Gasteiger partial charge in [0.25, 0.3) is 0 Å². The highest BCUT2D eigenvalue weighted by atomic mass is 16.5. The zero-order chi connectivity index (χ0) is 13.2. The molecule has 1 heterocycles. The molecule has 0 fully saturated rings. The van der Waals surface area contributed by atoms with Crippen LogP contribution in [0.5, 0.6) is 11.5 Å². The van der Waals surface area contributed by atoms with E-state index in [9.17, 15) is 4.79 Å². The van der Waals surface area contributed by atoms with Gasteiger partial charge in [-0.3, -0.25) is 4.99 Å². The van der Waals surface area contributed by atoms with Crippen molar-refractivity contribution in [1.82, 2.24) is 0 Å². The van der Waals surface area contributed by atoms with E-state index in [-0.39, 0.29) is 5.97 Å². The average molecular weight is 253 g/mol. The van der Waals surface area contributed by atoms with E-state index in [2.05, 4.69) is 4.99 Å². The van der Waals surface area contributed by atoms with E-state index in [0.717, 1.165) is 11.3 Å². The second-order valence-electron chi connectivity index (χ2n) is 4.07. The largest absolute Gasteiger partial charge is 0.465 e. The van der Waals surface area contributed by atoms with Gasteiger partial charge in [-0.1, -0.05) is 12.1 Å². The first kappa shape index (κ1) is 11.5. The summed E-state index contributed by atoms with van der Waals surface area (Å²) in [5.74, 6) is 0.872. The summed E-state index contributed by atoms with van der Waals surface area (Å²) >= 11 is 0. The van der Waals surface area contributed by atoms with Crippen LogP contribution in [-0.2, 0) is 4.74 Å². The fourth-order valence-electron chi connectivity index (χ4n) is 1.88. The third kappa shape index (κ3) is 2.08. The first-order valence-corrected chi connectivity index (χ1v) is 5.81. The number of nitrogens with zero attached hydrogens (tertiary/aromatic N) is 1. The van der Waals surface area contributed by atoms with Gasteiger partial charge in [0.1, 0.15) is 11.4 Å². The van der Waals surface area contributed by atoms with E-state index >= 15 is 0 Å². The van der Waals surface area contributed by atoms with Crippen molar-refractivity contribution in [3.63, 3.8) is 0 Å². The maximum atomic E-state index is 11.5. The molecular weight excluding hydrogens is 242 g/mol. The quantitative estimate of drug-likeness (QED) is 0.625. The van der Waals surface area contributed by atoms with Crippen molar-refractivity contribution < 1.29 is 14.3 Å². The summed E-state index contributed by atoms with van der Waals surface area (Å²) in [6, 6.07) is 12.6. The molecule has 0 atom stereocenters. The summed E-state index contributed by atoms with van der Waals surface area (Å²) in [4.78, 5) is 15.9. The highest BCUT2D eigenvalue weighted by Gasteiger charge is 2.14. The molecule has 0 unspecified atom stereocenters. The van der Waals surface area contributed by atoms with Crippen LogP contribution in [-0.4, -0.2) is 19.3 Å². The summed E-state index contributed by atoms with van der Waals surface area (Å²) < 4.78 is 10.5. The van der Waals surface area contributed by atoms with Crippen LogP contribution in [0, 0.1) is 0 Å². The fraction of sp³-hybridized carbons (Fsp3) is 0.0667. The zero-order valence-corrected chi connectivity index (χ0v) is 10.3. The smallest absolute Gasteiger partial charge is 0.337 e. The molecular formula is C15H11NO3. The lowest BCUT2D eigenvalue weighted by Gasteiger charge is -2.08. The van der Waals surface area contributed by atoms with Gasteiger partial charge >= 0.3 is 5.97 Å². The monoisotopic (exact) mass is 253 g/mol. The summed E-state index contributed by atoms with van der Waals surface area (Å²) in [5.41, 5.74) is 2.04. The Hall–Kier alpha value is -2.62. The molecule has 94 valence electrons. The van der Waals surface area contributed by atoms with E-state index in [1.165, 1.54) is 7.11 Å². The van der Waals surface area contributed by atoms with Gasteiger partial charge in [-0.05, 0) is 30.3 Å². The Morgan fingerprint density at radius 1 is 1.16 bits per heavy atom. The summed E-state index contributed by atoms with van der Waals surface area (Å²) in [7, 11) is 1.35. The van der Waals surface area contributed by atoms with Crippen LogP contribution in [0.15, 0.2) is 47.5 Å². The van der Waals surface area contributed by atoms with Crippen LogP contribution < -0.4 is 4.74 Å². The molecule has 0 radical (unpaired) electrons. The Kier molecular flexibility index (Phi) is 2.76. The lowest BCUT2D eigenvalue weighted by Crippen LogP contribution is -2.02. The van der Waals surface area contributed by atoms with Crippen molar-refractivity contribution in [2.24, 2.45) is 4.99 Å². The van der Waals surface area contributed by atoms with Gasteiger partial charge in [-0.2, -0.15) is 0 Å². The van der Waals surface area contributed by atoms with Gasteiger partial charge in [-0.15, -0.1) is 0 Å². The minimum atomic E-state index is -0.388. The van der Waals surface area contributed by atoms with E-state index < -0.39 is 0 Å². The molecule has 1 aliphatic heterocycles. The van der Waals surface area contributed by atoms with Gasteiger partial charge < -0.3 is 9.47 Å². The topological polar surface area (TPSA) is 47.9 Å². The molecule has 0 saturated heterocycles. The Bertz CT molecular complexity index is 677. The molecule has 0 bridgehead atoms. The van der Waals surface area contributed by atoms with Crippen LogP contribution in [0.2, 0.25) is 0 Å². The van der Waals surface area contributed by atoms with E-state index in [1.807, 2.05) is 24.3 Å². The lowest BCUT2D eigenvalue weighted by atomic mass is 10.1. The number of methoxy groups -OCH3 is 1. The van der Waals surface area contributed by atoms with Gasteiger partial charge in [-0.25, -0.2) is 4.79 Å². The van der Waals surface area contributed by atoms with Crippen LogP contribution in [0.25, 0.3) is 0 Å². The molecule has 0 amide bonds. The lowest BCUT2D eigenvalue weighted by molar-refractivity contribution is 0.0600. The number of hydrogen-bond donors (Lipinski definition) is 0. The Morgan fingerprint density at radius 3 is 2.84 bits per heavy atom. The first-order valence-electron chi connectivity index (χ1n) is 5.81. The van der Waals surface area contributed by atoms with Crippen LogP contribution in [0.3, 0.4) is 0 Å². The second-order valence-corrected chi connectivity index (χ2v) is 4.07. The molecule has 0 N–H and O–H groups in total. The molecule has 4 heteroatoms. The Morgan fingerprint density at radius 2 is 2.00 bits per heavy atom. The Labute approximate surface area is 110 Å². The van der Waals surface area contributed by atoms with E-state index in [0.29, 0.717) is 17.1 Å². The maximum Gasteiger partial charge on any atom is 0.337 e. The normalized spacial score (nSPS) is 11.8. The minimum Gasteiger partial charge on any atom is -0.465 e. The van der Waals surface area contributed by atoms with E-state index in [4.69, 9.17) is 9.47 Å². The number of para-hydroxylation sites is 2. The third-order valence-electron chi connectivity index (χ3n) is 2.86. The van der Waals surface area contributed by atoms with Gasteiger partial charge in [0, 0.05) is 11.8 Å². The number of benzene rings is 2. The van der Waals surface area contributed by atoms with Crippen LogP contribution in [0.4, 0.5) is 5.69 Å². The Balaban J connectivity index is 2.08. The van der Waals surface area contributed by atoms with Crippen molar-refractivity contribution in [2.75, 3.05) is 7.11 Å². The van der Waals surface area contributed by atoms with Crippen molar-refractivity contribution in [2.45, 2.75) is 0 Å². The van der Waals surface area contributed by atoms with Crippen molar-refractivity contribution in [1.29, 1.82) is 0 Å². The minimum absolute atomic E-state index is 0.388. The number of fused-ring (bicyclic) bond motifs is 2. The molecule has 4 nitrogen and oxygen atoms in total. The number of aliphatic imine (C=N–C) groups is 1. The predicted molar refractivity (Wildman–Crippen MR) is 71.6 cm³/mol. The first-order chi connectivity index (χ1) is 9.28. The molecule has 1 aliphatic rings. The number of carbonyl (C=O) groups excluding carboxylic acids is 1. The maximum absolute atomic E-state index is 11.5. The number of esters is 1. The van der Waals surface area contributed by atoms with Crippen LogP contribution in [0.1, 0.15) is 15.9 Å². The second kappa shape index (κ2) is 4.57. The van der Waals surface area contributed by atoms with Crippen molar-refractivity contribution in [3.05, 3.63) is 53.6 Å². The zero-order valence-electron chi connectivity index (χ0n) is 10.3. The van der Waals surface area contributed by atoms with Gasteiger partial charge in [0.15, 0.2) is 5.75 Å². The standard InChI is InChI=1S/C15H11NO3/c1-18-15(17)10-6-7-11-9-16-12-4-2-3-5-13(12)19-14(11)8-10/h2-9H,1H3. The highest BCUT2D eigenvalue weighted by Crippen LogP contribution is 2.35. The molecule has 19 heavy (non-hydrogen) atoms. The van der Waals surface area contributed by atoms with Gasteiger partial charge in [0.05, 0.1) is 12.7 Å². The number of rotatable bonds is 1. The number of ether oxygens (including phenoxy) is 2. The fourth-order valence-corrected chi connectivity index (χ4v) is 1.88. The van der Waals surface area contributed by atoms with Gasteiger partial charge in [0.2, 0.25) is 0 Å². The summed E-state index contributed by atoms with van der Waals surface area (Å²) in [5, 5.41) is 0. The molecule has 2 aromatic carbocycles.